The van der Waals surface area contributed by atoms with Gasteiger partial charge in [0.2, 0.25) is 0 Å². The Morgan fingerprint density at radius 3 is 3.07 bits per heavy atom. The van der Waals surface area contributed by atoms with Crippen molar-refractivity contribution in [3.05, 3.63) is 47.7 Å². The highest BCUT2D eigenvalue weighted by atomic mass is 14.8. The summed E-state index contributed by atoms with van der Waals surface area (Å²) < 4.78 is 0. The number of hydrogen-bond donors (Lipinski definition) is 2. The van der Waals surface area contributed by atoms with Crippen LogP contribution in [0, 0.1) is 0 Å². The molecule has 1 aliphatic rings. The molecule has 0 atom stereocenters. The molecule has 0 radical (unpaired) electrons. The summed E-state index contributed by atoms with van der Waals surface area (Å²) in [5.41, 5.74) is 10.3. The normalized spacial score (nSPS) is 14.1. The number of aromatic nitrogens is 1. The molecule has 2 heteroatoms. The Morgan fingerprint density at radius 1 is 1.20 bits per heavy atom. The van der Waals surface area contributed by atoms with Crippen molar-refractivity contribution in [1.82, 2.24) is 4.98 Å². The number of hydrogen-bond acceptors (Lipinski definition) is 1. The van der Waals surface area contributed by atoms with Crippen molar-refractivity contribution in [2.24, 2.45) is 0 Å². The zero-order valence-electron chi connectivity index (χ0n) is 8.33. The van der Waals surface area contributed by atoms with Crippen LogP contribution in [0.1, 0.15) is 11.3 Å². The number of nitrogen functional groups attached to an aromatic ring is 1. The number of nitrogens with two attached hydrogens (primary N) is 1. The van der Waals surface area contributed by atoms with Gasteiger partial charge in [-0.15, -0.1) is 0 Å². The number of rotatable bonds is 0. The first kappa shape index (κ1) is 8.36. The molecule has 1 aromatic heterocycles. The maximum atomic E-state index is 5.93. The second-order valence-corrected chi connectivity index (χ2v) is 3.78. The number of H-pyrrole nitrogens is 1. The smallest absolute Gasteiger partial charge is 0.0695 e. The van der Waals surface area contributed by atoms with Gasteiger partial charge < -0.3 is 10.7 Å². The number of anilines is 1. The van der Waals surface area contributed by atoms with Crippen molar-refractivity contribution in [1.29, 1.82) is 0 Å². The molecule has 0 saturated carbocycles. The summed E-state index contributed by atoms with van der Waals surface area (Å²) in [4.78, 5) is 3.37. The second kappa shape index (κ2) is 3.02. The van der Waals surface area contributed by atoms with Crippen molar-refractivity contribution in [3.8, 4) is 0 Å². The monoisotopic (exact) mass is 196 g/mol. The lowest BCUT2D eigenvalue weighted by atomic mass is 10.1. The van der Waals surface area contributed by atoms with Crippen molar-refractivity contribution in [2.45, 2.75) is 6.42 Å². The van der Waals surface area contributed by atoms with Gasteiger partial charge in [-0.25, -0.2) is 0 Å². The molecule has 3 N–H and O–H groups in total. The molecule has 1 aliphatic carbocycles. The summed E-state index contributed by atoms with van der Waals surface area (Å²) in [7, 11) is 0. The van der Waals surface area contributed by atoms with Gasteiger partial charge in [0.05, 0.1) is 11.2 Å². The largest absolute Gasteiger partial charge is 0.397 e. The average molecular weight is 196 g/mol. The van der Waals surface area contributed by atoms with Gasteiger partial charge in [0, 0.05) is 11.1 Å². The van der Waals surface area contributed by atoms with E-state index < -0.39 is 0 Å². The maximum Gasteiger partial charge on any atom is 0.0695 e. The molecule has 1 aromatic carbocycles. The topological polar surface area (TPSA) is 41.8 Å². The molecule has 0 unspecified atom stereocenters. The van der Waals surface area contributed by atoms with Gasteiger partial charge in [-0.2, -0.15) is 0 Å². The molecule has 15 heavy (non-hydrogen) atoms. The second-order valence-electron chi connectivity index (χ2n) is 3.78. The molecule has 74 valence electrons. The Bertz CT molecular complexity index is 573. The SMILES string of the molecule is Nc1cccc2c3c([nH]c12)C=CC=CC3. The number of aromatic amines is 1. The van der Waals surface area contributed by atoms with Gasteiger partial charge in [0.25, 0.3) is 0 Å². The van der Waals surface area contributed by atoms with E-state index in [1.165, 1.54) is 16.6 Å². The van der Waals surface area contributed by atoms with Crippen LogP contribution in [0.15, 0.2) is 36.4 Å². The number of para-hydroxylation sites is 1. The third kappa shape index (κ3) is 1.18. The first-order valence-corrected chi connectivity index (χ1v) is 5.08. The zero-order valence-corrected chi connectivity index (χ0v) is 8.33. The Morgan fingerprint density at radius 2 is 2.13 bits per heavy atom. The van der Waals surface area contributed by atoms with Gasteiger partial charge in [-0.05, 0) is 24.1 Å². The van der Waals surface area contributed by atoms with E-state index in [1.807, 2.05) is 12.1 Å². The molecule has 0 spiro atoms. The lowest BCUT2D eigenvalue weighted by molar-refractivity contribution is 1.27. The van der Waals surface area contributed by atoms with Crippen molar-refractivity contribution < 1.29 is 0 Å². The third-order valence-electron chi connectivity index (χ3n) is 2.84. The third-order valence-corrected chi connectivity index (χ3v) is 2.84. The predicted octanol–water partition coefficient (Wildman–Crippen LogP) is 2.88. The number of benzene rings is 1. The maximum absolute atomic E-state index is 5.93. The number of allylic oxidation sites excluding steroid dienone is 3. The highest BCUT2D eigenvalue weighted by Crippen LogP contribution is 2.28. The van der Waals surface area contributed by atoms with E-state index in [0.29, 0.717) is 0 Å². The Hall–Kier alpha value is -1.96. The fraction of sp³-hybridized carbons (Fsp3) is 0.0769. The molecule has 0 bridgehead atoms. The molecule has 2 nitrogen and oxygen atoms in total. The van der Waals surface area contributed by atoms with E-state index in [0.717, 1.165) is 17.6 Å². The summed E-state index contributed by atoms with van der Waals surface area (Å²) in [6.45, 7) is 0. The molecular weight excluding hydrogens is 184 g/mol. The van der Waals surface area contributed by atoms with Crippen molar-refractivity contribution in [3.63, 3.8) is 0 Å². The summed E-state index contributed by atoms with van der Waals surface area (Å²) in [5, 5.41) is 1.24. The fourth-order valence-electron chi connectivity index (χ4n) is 2.09. The highest BCUT2D eigenvalue weighted by Gasteiger charge is 2.10. The lowest BCUT2D eigenvalue weighted by Crippen LogP contribution is -1.85. The van der Waals surface area contributed by atoms with Crippen LogP contribution in [0.25, 0.3) is 17.0 Å². The first-order valence-electron chi connectivity index (χ1n) is 5.08. The van der Waals surface area contributed by atoms with Crippen LogP contribution in [0.4, 0.5) is 5.69 Å². The van der Waals surface area contributed by atoms with Crippen molar-refractivity contribution in [2.75, 3.05) is 5.73 Å². The van der Waals surface area contributed by atoms with Gasteiger partial charge >= 0.3 is 0 Å². The zero-order chi connectivity index (χ0) is 10.3. The van der Waals surface area contributed by atoms with Crippen LogP contribution >= 0.6 is 0 Å². The van der Waals surface area contributed by atoms with Gasteiger partial charge in [-0.1, -0.05) is 30.4 Å². The van der Waals surface area contributed by atoms with Gasteiger partial charge in [0.15, 0.2) is 0 Å². The Balaban J connectivity index is 2.39. The number of fused-ring (bicyclic) bond motifs is 3. The minimum Gasteiger partial charge on any atom is -0.397 e. The standard InChI is InChI=1S/C13H12N2/c14-11-7-4-6-10-9-5-2-1-3-8-12(9)15-13(10)11/h1-4,6-8,15H,5,14H2. The first-order chi connectivity index (χ1) is 7.36. The Labute approximate surface area is 88.1 Å². The molecule has 0 aliphatic heterocycles. The van der Waals surface area contributed by atoms with E-state index in [9.17, 15) is 0 Å². The summed E-state index contributed by atoms with van der Waals surface area (Å²) >= 11 is 0. The quantitative estimate of drug-likeness (QED) is 0.625. The van der Waals surface area contributed by atoms with Crippen LogP contribution in [-0.2, 0) is 6.42 Å². The van der Waals surface area contributed by atoms with E-state index in [-0.39, 0.29) is 0 Å². The molecule has 0 amide bonds. The van der Waals surface area contributed by atoms with Crippen LogP contribution in [-0.4, -0.2) is 4.98 Å². The summed E-state index contributed by atoms with van der Waals surface area (Å²) in [5.74, 6) is 0. The average Bonchev–Trinajstić information content (AvgIpc) is 2.45. The van der Waals surface area contributed by atoms with E-state index in [1.54, 1.807) is 0 Å². The Kier molecular flexibility index (Phi) is 1.68. The van der Waals surface area contributed by atoms with Gasteiger partial charge in [-0.3, -0.25) is 0 Å². The fourth-order valence-corrected chi connectivity index (χ4v) is 2.09. The van der Waals surface area contributed by atoms with Crippen LogP contribution in [0.3, 0.4) is 0 Å². The molecule has 0 fully saturated rings. The molecule has 3 rings (SSSR count). The summed E-state index contributed by atoms with van der Waals surface area (Å²) in [6.07, 6.45) is 9.35. The van der Waals surface area contributed by atoms with E-state index in [2.05, 4.69) is 35.4 Å². The molecule has 0 saturated heterocycles. The minimum absolute atomic E-state index is 0.818. The lowest BCUT2D eigenvalue weighted by Gasteiger charge is -1.96. The molecule has 2 aromatic rings. The minimum atomic E-state index is 0.818. The van der Waals surface area contributed by atoms with E-state index >= 15 is 0 Å². The van der Waals surface area contributed by atoms with Gasteiger partial charge in [0.1, 0.15) is 0 Å². The van der Waals surface area contributed by atoms with Crippen LogP contribution < -0.4 is 5.73 Å². The molecule has 1 heterocycles. The predicted molar refractivity (Wildman–Crippen MR) is 64.6 cm³/mol. The summed E-state index contributed by atoms with van der Waals surface area (Å²) in [6, 6.07) is 6.05. The number of nitrogens with one attached hydrogen (secondary N) is 1. The van der Waals surface area contributed by atoms with E-state index in [4.69, 9.17) is 5.73 Å². The highest BCUT2D eigenvalue weighted by molar-refractivity contribution is 5.95. The van der Waals surface area contributed by atoms with Crippen LogP contribution in [0.5, 0.6) is 0 Å². The van der Waals surface area contributed by atoms with Crippen molar-refractivity contribution >= 4 is 22.7 Å². The van der Waals surface area contributed by atoms with Crippen LogP contribution in [0.2, 0.25) is 0 Å². The molecular formula is C13H12N2.